The highest BCUT2D eigenvalue weighted by atomic mass is 16.7. The maximum atomic E-state index is 11.3. The number of nitrogens with zero attached hydrogens (tertiary/aromatic N) is 1. The number of hydrogen-bond donors (Lipinski definition) is 1. The molecule has 1 N–H and O–H groups in total. The Morgan fingerprint density at radius 2 is 1.22 bits per heavy atom. The first-order valence-electron chi connectivity index (χ1n) is 11.7. The monoisotopic (exact) mass is 451 g/mol. The molecular weight excluding hydrogens is 414 g/mol. The summed E-state index contributed by atoms with van der Waals surface area (Å²) in [5, 5.41) is 18.9. The maximum Gasteiger partial charge on any atom is 0.508 e. The van der Waals surface area contributed by atoms with Crippen molar-refractivity contribution in [2.24, 2.45) is 0 Å². The normalized spacial score (nSPS) is 10.6. The minimum atomic E-state index is -1.45. The first-order valence-corrected chi connectivity index (χ1v) is 11.7. The van der Waals surface area contributed by atoms with Crippen LogP contribution in [-0.2, 0) is 20.7 Å². The van der Waals surface area contributed by atoms with Crippen LogP contribution >= 0.6 is 0 Å². The van der Waals surface area contributed by atoms with Gasteiger partial charge in [-0.2, -0.15) is 0 Å². The molecular formula is C24H37NO7. The molecule has 0 aliphatic heterocycles. The maximum absolute atomic E-state index is 11.3. The molecule has 0 amide bonds. The Bertz CT molecular complexity index is 661. The second-order valence-corrected chi connectivity index (χ2v) is 8.06. The quantitative estimate of drug-likeness (QED) is 0.0808. The van der Waals surface area contributed by atoms with Gasteiger partial charge in [-0.3, -0.25) is 14.9 Å². The van der Waals surface area contributed by atoms with Crippen LogP contribution < -0.4 is 0 Å². The minimum Gasteiger partial charge on any atom is -0.450 e. The average Bonchev–Trinajstić information content (AvgIpc) is 2.76. The fourth-order valence-electron chi connectivity index (χ4n) is 3.55. The van der Waals surface area contributed by atoms with E-state index in [1.54, 1.807) is 12.1 Å². The van der Waals surface area contributed by atoms with Crippen molar-refractivity contribution in [3.8, 4) is 0 Å². The van der Waals surface area contributed by atoms with Crippen LogP contribution in [-0.4, -0.2) is 28.9 Å². The van der Waals surface area contributed by atoms with Crippen molar-refractivity contribution >= 4 is 17.8 Å². The van der Waals surface area contributed by atoms with Gasteiger partial charge in [-0.25, -0.2) is 4.79 Å². The summed E-state index contributed by atoms with van der Waals surface area (Å²) in [7, 11) is 0. The fourth-order valence-corrected chi connectivity index (χ4v) is 3.55. The number of nitro benzene ring substituents is 1. The predicted octanol–water partition coefficient (Wildman–Crippen LogP) is 6.79. The zero-order chi connectivity index (χ0) is 23.4. The van der Waals surface area contributed by atoms with E-state index in [-0.39, 0.29) is 10.6 Å². The van der Waals surface area contributed by atoms with Gasteiger partial charge >= 0.3 is 12.1 Å². The number of ether oxygens (including phenoxy) is 2. The lowest BCUT2D eigenvalue weighted by Crippen LogP contribution is -2.10. The number of carbonyl (C=O) groups is 2. The van der Waals surface area contributed by atoms with E-state index in [0.717, 1.165) is 32.1 Å². The van der Waals surface area contributed by atoms with Crippen LogP contribution in [0.2, 0.25) is 0 Å². The number of aryl methyl sites for hydroxylation is 1. The number of rotatable bonds is 19. The standard InChI is InChI=1S/C24H37NO7/c26-23(31-20-32-24(27)28)15-13-11-9-7-5-3-1-2-4-6-8-10-12-14-21-16-18-22(19-17-21)25(29)30/h16-19H,1-15,20H2,(H,27,28). The average molecular weight is 452 g/mol. The summed E-state index contributed by atoms with van der Waals surface area (Å²) in [5.74, 6) is -0.419. The van der Waals surface area contributed by atoms with Crippen molar-refractivity contribution in [1.82, 2.24) is 0 Å². The minimum absolute atomic E-state index is 0.151. The number of hydrogen-bond acceptors (Lipinski definition) is 6. The van der Waals surface area contributed by atoms with Gasteiger partial charge in [0.05, 0.1) is 4.92 Å². The van der Waals surface area contributed by atoms with Crippen LogP contribution in [0, 0.1) is 10.1 Å². The van der Waals surface area contributed by atoms with Crippen molar-refractivity contribution in [3.63, 3.8) is 0 Å². The first-order chi connectivity index (χ1) is 15.5. The molecule has 1 rings (SSSR count). The molecule has 0 atom stereocenters. The summed E-state index contributed by atoms with van der Waals surface area (Å²) in [4.78, 5) is 31.7. The van der Waals surface area contributed by atoms with Crippen molar-refractivity contribution in [3.05, 3.63) is 39.9 Å². The third-order valence-corrected chi connectivity index (χ3v) is 5.40. The molecule has 0 heterocycles. The van der Waals surface area contributed by atoms with Crippen LogP contribution in [0.25, 0.3) is 0 Å². The molecule has 0 aromatic heterocycles. The molecule has 8 heteroatoms. The molecule has 0 saturated carbocycles. The number of unbranched alkanes of at least 4 members (excludes halogenated alkanes) is 12. The summed E-state index contributed by atoms with van der Waals surface area (Å²) in [6.45, 7) is -0.531. The molecule has 0 radical (unpaired) electrons. The Hall–Kier alpha value is -2.64. The lowest BCUT2D eigenvalue weighted by atomic mass is 10.0. The van der Waals surface area contributed by atoms with Crippen molar-refractivity contribution in [1.29, 1.82) is 0 Å². The van der Waals surface area contributed by atoms with Crippen molar-refractivity contribution in [2.45, 2.75) is 96.3 Å². The molecule has 0 fully saturated rings. The highest BCUT2D eigenvalue weighted by molar-refractivity contribution is 5.69. The molecule has 0 aliphatic carbocycles. The topological polar surface area (TPSA) is 116 Å². The van der Waals surface area contributed by atoms with Crippen LogP contribution in [0.4, 0.5) is 10.5 Å². The Labute approximate surface area is 190 Å². The SMILES string of the molecule is O=C(O)OCOC(=O)CCCCCCCCCCCCCCCc1ccc([N+](=O)[O-])cc1. The zero-order valence-electron chi connectivity index (χ0n) is 19.0. The molecule has 32 heavy (non-hydrogen) atoms. The van der Waals surface area contributed by atoms with Crippen LogP contribution in [0.15, 0.2) is 24.3 Å². The van der Waals surface area contributed by atoms with E-state index < -0.39 is 18.9 Å². The van der Waals surface area contributed by atoms with E-state index in [1.165, 1.54) is 63.4 Å². The highest BCUT2D eigenvalue weighted by Crippen LogP contribution is 2.16. The second-order valence-electron chi connectivity index (χ2n) is 8.06. The Morgan fingerprint density at radius 3 is 1.69 bits per heavy atom. The number of carbonyl (C=O) groups excluding carboxylic acids is 1. The molecule has 180 valence electrons. The van der Waals surface area contributed by atoms with E-state index >= 15 is 0 Å². The summed E-state index contributed by atoms with van der Waals surface area (Å²) in [6, 6.07) is 6.86. The van der Waals surface area contributed by atoms with Gasteiger partial charge in [0.25, 0.3) is 5.69 Å². The van der Waals surface area contributed by atoms with E-state index in [9.17, 15) is 19.7 Å². The summed E-state index contributed by atoms with van der Waals surface area (Å²) in [6.07, 6.45) is 15.0. The van der Waals surface area contributed by atoms with Crippen molar-refractivity contribution < 1.29 is 29.1 Å². The fraction of sp³-hybridized carbons (Fsp3) is 0.667. The summed E-state index contributed by atoms with van der Waals surface area (Å²) >= 11 is 0. The Balaban J connectivity index is 1.80. The number of non-ortho nitro benzene ring substituents is 1. The smallest absolute Gasteiger partial charge is 0.450 e. The largest absolute Gasteiger partial charge is 0.508 e. The van der Waals surface area contributed by atoms with Gasteiger partial charge < -0.3 is 14.6 Å². The second kappa shape index (κ2) is 18.0. The van der Waals surface area contributed by atoms with Gasteiger partial charge in [0.2, 0.25) is 6.79 Å². The molecule has 0 spiro atoms. The Kier molecular flexibility index (Phi) is 15.4. The van der Waals surface area contributed by atoms with E-state index in [4.69, 9.17) is 5.11 Å². The first kappa shape index (κ1) is 27.4. The van der Waals surface area contributed by atoms with E-state index in [0.29, 0.717) is 6.42 Å². The summed E-state index contributed by atoms with van der Waals surface area (Å²) in [5.41, 5.74) is 1.32. The van der Waals surface area contributed by atoms with Gasteiger partial charge in [-0.15, -0.1) is 0 Å². The third kappa shape index (κ3) is 15.2. The Morgan fingerprint density at radius 1 is 0.750 bits per heavy atom. The summed E-state index contributed by atoms with van der Waals surface area (Å²) < 4.78 is 8.75. The lowest BCUT2D eigenvalue weighted by molar-refractivity contribution is -0.384. The molecule has 0 aliphatic rings. The number of carboxylic acid groups (broad SMARTS) is 1. The van der Waals surface area contributed by atoms with Crippen LogP contribution in [0.1, 0.15) is 95.5 Å². The third-order valence-electron chi connectivity index (χ3n) is 5.40. The molecule has 1 aromatic carbocycles. The van der Waals surface area contributed by atoms with E-state index in [1.807, 2.05) is 12.1 Å². The van der Waals surface area contributed by atoms with Gasteiger partial charge in [0, 0.05) is 18.6 Å². The number of nitro groups is 1. The molecule has 8 nitrogen and oxygen atoms in total. The van der Waals surface area contributed by atoms with Gasteiger partial charge in [-0.1, -0.05) is 82.8 Å². The highest BCUT2D eigenvalue weighted by Gasteiger charge is 2.05. The molecule has 0 unspecified atom stereocenters. The van der Waals surface area contributed by atoms with Gasteiger partial charge in [-0.05, 0) is 24.8 Å². The lowest BCUT2D eigenvalue weighted by Gasteiger charge is -2.05. The zero-order valence-corrected chi connectivity index (χ0v) is 19.0. The van der Waals surface area contributed by atoms with Gasteiger partial charge in [0.15, 0.2) is 0 Å². The van der Waals surface area contributed by atoms with E-state index in [2.05, 4.69) is 9.47 Å². The predicted molar refractivity (Wildman–Crippen MR) is 122 cm³/mol. The molecule has 0 saturated heterocycles. The molecule has 0 bridgehead atoms. The number of esters is 1. The van der Waals surface area contributed by atoms with Crippen molar-refractivity contribution in [2.75, 3.05) is 6.79 Å². The molecule has 1 aromatic rings. The van der Waals surface area contributed by atoms with Gasteiger partial charge in [0.1, 0.15) is 0 Å². The number of benzene rings is 1. The van der Waals surface area contributed by atoms with Crippen LogP contribution in [0.5, 0.6) is 0 Å². The van der Waals surface area contributed by atoms with Crippen LogP contribution in [0.3, 0.4) is 0 Å².